The zero-order valence-corrected chi connectivity index (χ0v) is 37.1. The second-order valence-corrected chi connectivity index (χ2v) is 14.6. The van der Waals surface area contributed by atoms with Crippen LogP contribution in [0.5, 0.6) is 0 Å². The van der Waals surface area contributed by atoms with Gasteiger partial charge in [0, 0.05) is 47.5 Å². The van der Waals surface area contributed by atoms with Crippen molar-refractivity contribution in [3.8, 4) is 0 Å². The van der Waals surface area contributed by atoms with Gasteiger partial charge in [-0.05, 0) is 74.6 Å². The van der Waals surface area contributed by atoms with E-state index in [9.17, 15) is 50.5 Å². The normalized spacial score (nSPS) is 13.5. The van der Waals surface area contributed by atoms with Crippen LogP contribution in [0, 0.1) is 6.92 Å². The molecule has 0 saturated carbocycles. The molecule has 0 bridgehead atoms. The molecule has 3 aromatic rings. The first-order valence-corrected chi connectivity index (χ1v) is 18.6. The van der Waals surface area contributed by atoms with Gasteiger partial charge in [0.05, 0.1) is 48.4 Å². The second kappa shape index (κ2) is 21.4. The minimum absolute atomic E-state index is 0. The van der Waals surface area contributed by atoms with Gasteiger partial charge < -0.3 is 29.0 Å². The van der Waals surface area contributed by atoms with Crippen LogP contribution in [0.1, 0.15) is 67.9 Å². The number of fused-ring (bicyclic) bond motifs is 1. The molecule has 0 saturated heterocycles. The van der Waals surface area contributed by atoms with Crippen LogP contribution in [-0.4, -0.2) is 90.6 Å². The maximum atomic E-state index is 13.3. The number of ketones is 1. The summed E-state index contributed by atoms with van der Waals surface area (Å²) in [6.45, 7) is 2.54. The number of carbonyl (C=O) groups is 3. The minimum Gasteiger partial charge on any atom is -0.748 e. The number of carbonyl (C=O) groups excluding carboxylic acids is 1. The van der Waals surface area contributed by atoms with Crippen molar-refractivity contribution in [1.82, 2.24) is 0 Å². The maximum Gasteiger partial charge on any atom is 1.00 e. The first-order valence-electron chi connectivity index (χ1n) is 15.5. The van der Waals surface area contributed by atoms with Crippen molar-refractivity contribution in [2.45, 2.75) is 32.6 Å². The topological polar surface area (TPSA) is 243 Å². The van der Waals surface area contributed by atoms with Crippen LogP contribution < -0.4 is 108 Å². The van der Waals surface area contributed by atoms with Gasteiger partial charge >= 0.3 is 115 Å². The number of nitrogens with zero attached hydrogens (tertiary/aromatic N) is 3. The monoisotopic (exact) mass is 817 g/mol. The van der Waals surface area contributed by atoms with Crippen molar-refractivity contribution in [2.75, 3.05) is 29.5 Å². The maximum absolute atomic E-state index is 13.3. The van der Waals surface area contributed by atoms with E-state index in [0.29, 0.717) is 54.0 Å². The Labute approximate surface area is 392 Å². The number of carboxylic acids is 2. The van der Waals surface area contributed by atoms with E-state index in [-0.39, 0.29) is 138 Å². The summed E-state index contributed by atoms with van der Waals surface area (Å²) in [5.41, 5.74) is 2.54. The molecular weight excluding hydrogens is 785 g/mol. The van der Waals surface area contributed by atoms with E-state index in [1.54, 1.807) is 43.3 Å². The van der Waals surface area contributed by atoms with E-state index in [2.05, 4.69) is 4.99 Å². The first-order chi connectivity index (χ1) is 24.0. The van der Waals surface area contributed by atoms with Gasteiger partial charge in [-0.2, -0.15) is 0 Å². The number of rotatable bonds is 17. The Morgan fingerprint density at radius 3 is 1.87 bits per heavy atom. The Balaban J connectivity index is 0.00000486. The summed E-state index contributed by atoms with van der Waals surface area (Å²) >= 11 is 0. The van der Waals surface area contributed by atoms with Crippen LogP contribution in [0.4, 0.5) is 17.1 Å². The SMILES string of the molecule is Cc1cc(N(CCCCS(=O)(=O)[O-])CCCCS(=O)(=O)[O-])ccc1N=C1C=C(OC=Nc2cc(C(=O)O)cc(C(=O)O)c2)C(=O)c2ccccc21.[K+].[K+]. The largest absolute Gasteiger partial charge is 1.00 e. The number of allylic oxidation sites excluding steroid dienone is 2. The average Bonchev–Trinajstić information content (AvgIpc) is 3.05. The number of aryl methyl sites for hydroxylation is 1. The summed E-state index contributed by atoms with van der Waals surface area (Å²) in [5.74, 6) is -4.34. The fourth-order valence-electron chi connectivity index (χ4n) is 5.19. The Kier molecular flexibility index (Phi) is 19.0. The molecule has 0 aromatic heterocycles. The molecule has 0 unspecified atom stereocenters. The van der Waals surface area contributed by atoms with Crippen LogP contribution in [-0.2, 0) is 25.0 Å². The zero-order chi connectivity index (χ0) is 37.3. The number of hydrogen-bond donors (Lipinski definition) is 2. The molecule has 0 spiro atoms. The summed E-state index contributed by atoms with van der Waals surface area (Å²) < 4.78 is 71.8. The van der Waals surface area contributed by atoms with Gasteiger partial charge in [-0.25, -0.2) is 36.4 Å². The van der Waals surface area contributed by atoms with E-state index >= 15 is 0 Å². The molecule has 2 N–H and O–H groups in total. The summed E-state index contributed by atoms with van der Waals surface area (Å²) in [6.07, 6.45) is 3.34. The molecule has 0 amide bonds. The number of anilines is 1. The quantitative estimate of drug-likeness (QED) is 0.0515. The van der Waals surface area contributed by atoms with Gasteiger partial charge in [-0.15, -0.1) is 0 Å². The minimum atomic E-state index is -4.37. The van der Waals surface area contributed by atoms with E-state index in [1.165, 1.54) is 6.08 Å². The summed E-state index contributed by atoms with van der Waals surface area (Å²) in [4.78, 5) is 46.9. The zero-order valence-electron chi connectivity index (χ0n) is 29.2. The van der Waals surface area contributed by atoms with E-state index in [1.807, 2.05) is 11.0 Å². The fraction of sp³-hybridized carbons (Fsp3) is 0.265. The molecule has 0 atom stereocenters. The molecule has 0 radical (unpaired) electrons. The summed E-state index contributed by atoms with van der Waals surface area (Å²) in [6, 6.07) is 15.3. The van der Waals surface area contributed by atoms with Crippen LogP contribution in [0.25, 0.3) is 0 Å². The molecule has 0 aliphatic heterocycles. The van der Waals surface area contributed by atoms with Crippen LogP contribution >= 0.6 is 0 Å². The van der Waals surface area contributed by atoms with Crippen LogP contribution in [0.15, 0.2) is 82.5 Å². The number of aliphatic imine (C=N–C) groups is 2. The van der Waals surface area contributed by atoms with Crippen molar-refractivity contribution >= 4 is 67.1 Å². The van der Waals surface area contributed by atoms with Gasteiger partial charge in [-0.1, -0.05) is 24.3 Å². The molecule has 0 fully saturated rings. The number of carboxylic acid groups (broad SMARTS) is 2. The third-order valence-corrected chi connectivity index (χ3v) is 9.24. The van der Waals surface area contributed by atoms with E-state index < -0.39 is 49.5 Å². The molecule has 4 rings (SSSR count). The van der Waals surface area contributed by atoms with Gasteiger partial charge in [0.2, 0.25) is 5.78 Å². The van der Waals surface area contributed by atoms with Gasteiger partial charge in [-0.3, -0.25) is 4.79 Å². The molecule has 3 aromatic carbocycles. The van der Waals surface area contributed by atoms with Crippen molar-refractivity contribution in [1.29, 1.82) is 0 Å². The van der Waals surface area contributed by atoms with Gasteiger partial charge in [0.15, 0.2) is 12.2 Å². The third-order valence-electron chi connectivity index (χ3n) is 7.66. The molecule has 270 valence electrons. The number of Topliss-reactive ketones (excluding diaryl/α,β-unsaturated/α-hetero) is 1. The number of ether oxygens (including phenoxy) is 1. The third kappa shape index (κ3) is 14.9. The standard InChI is InChI=1S/C34H35N3O12S2.2K/c1-22-16-26(37(12-4-6-14-50(43,44)45)13-5-7-15-51(46,47)48)10-11-29(22)36-30-20-31(32(38)28-9-3-2-8-27(28)30)49-21-35-25-18-23(33(39)40)17-24(19-25)34(41)42;;/h2-3,8-11,16-21H,4-7,12-15H2,1H3,(H,39,40)(H,41,42)(H,43,44,45)(H,46,47,48);;/q;2*+1/p-2. The van der Waals surface area contributed by atoms with E-state index in [4.69, 9.17) is 9.73 Å². The smallest absolute Gasteiger partial charge is 0.748 e. The fourth-order valence-corrected chi connectivity index (χ4v) is 6.30. The molecule has 19 heteroatoms. The van der Waals surface area contributed by atoms with Crippen molar-refractivity contribution < 1.29 is 158 Å². The van der Waals surface area contributed by atoms with Gasteiger partial charge in [0.1, 0.15) is 0 Å². The second-order valence-electron chi connectivity index (χ2n) is 11.5. The Morgan fingerprint density at radius 1 is 0.811 bits per heavy atom. The molecule has 1 aliphatic carbocycles. The summed E-state index contributed by atoms with van der Waals surface area (Å²) in [5, 5.41) is 18.6. The van der Waals surface area contributed by atoms with Crippen molar-refractivity contribution in [3.63, 3.8) is 0 Å². The Bertz CT molecular complexity index is 2080. The first kappa shape index (κ1) is 47.2. The predicted molar refractivity (Wildman–Crippen MR) is 186 cm³/mol. The average molecular weight is 818 g/mol. The molecule has 53 heavy (non-hydrogen) atoms. The number of aromatic carboxylic acids is 2. The summed E-state index contributed by atoms with van der Waals surface area (Å²) in [7, 11) is -8.74. The number of hydrogen-bond acceptors (Lipinski definition) is 13. The molecule has 1 aliphatic rings. The number of unbranched alkanes of at least 4 members (excludes halogenated alkanes) is 2. The van der Waals surface area contributed by atoms with Crippen molar-refractivity contribution in [3.05, 3.63) is 100 Å². The molecular formula is C34H33K2N3O12S2. The van der Waals surface area contributed by atoms with Crippen LogP contribution in [0.3, 0.4) is 0 Å². The van der Waals surface area contributed by atoms with Crippen molar-refractivity contribution in [2.24, 2.45) is 9.98 Å². The molecule has 15 nitrogen and oxygen atoms in total. The van der Waals surface area contributed by atoms with Crippen LogP contribution in [0.2, 0.25) is 0 Å². The molecule has 0 heterocycles. The number of benzene rings is 3. The Morgan fingerprint density at radius 2 is 1.36 bits per heavy atom. The predicted octanol–water partition coefficient (Wildman–Crippen LogP) is -1.57. The Hall–Kier alpha value is -1.96. The van der Waals surface area contributed by atoms with Gasteiger partial charge in [0.25, 0.3) is 0 Å². The van der Waals surface area contributed by atoms with E-state index in [0.717, 1.165) is 30.3 Å².